The van der Waals surface area contributed by atoms with Crippen LogP contribution in [-0.4, -0.2) is 0 Å². The smallest absolute Gasteiger partial charge is 0.0412 e. The molecule has 0 aromatic carbocycles. The maximum atomic E-state index is 2.36. The van der Waals surface area contributed by atoms with Gasteiger partial charge in [-0.15, -0.1) is 0 Å². The van der Waals surface area contributed by atoms with Gasteiger partial charge in [0.25, 0.3) is 0 Å². The van der Waals surface area contributed by atoms with Crippen LogP contribution in [0.1, 0.15) is 79.6 Å². The monoisotopic (exact) mass is 212 g/mol. The van der Waals surface area contributed by atoms with E-state index in [4.69, 9.17) is 0 Å². The lowest BCUT2D eigenvalue weighted by molar-refractivity contribution is 0.329. The second kappa shape index (κ2) is 9.24. The summed E-state index contributed by atoms with van der Waals surface area (Å²) < 4.78 is 0. The molecule has 0 amide bonds. The molecule has 0 saturated carbocycles. The van der Waals surface area contributed by atoms with Crippen LogP contribution >= 0.6 is 0 Å². The van der Waals surface area contributed by atoms with Crippen molar-refractivity contribution in [3.63, 3.8) is 0 Å². The molecular formula is C15H32. The highest BCUT2D eigenvalue weighted by Crippen LogP contribution is 2.25. The van der Waals surface area contributed by atoms with Crippen LogP contribution in [0.5, 0.6) is 0 Å². The first-order valence-electron chi connectivity index (χ1n) is 7.06. The zero-order valence-electron chi connectivity index (χ0n) is 11.7. The summed E-state index contributed by atoms with van der Waals surface area (Å²) in [5, 5.41) is 0. The first-order chi connectivity index (χ1) is 7.06. The molecule has 0 N–H and O–H groups in total. The minimum absolute atomic E-state index is 0.879. The summed E-state index contributed by atoms with van der Waals surface area (Å²) in [6, 6.07) is 0. The van der Waals surface area contributed by atoms with Gasteiger partial charge < -0.3 is 0 Å². The average Bonchev–Trinajstić information content (AvgIpc) is 2.13. The summed E-state index contributed by atoms with van der Waals surface area (Å²) in [5.74, 6) is 2.76. The molecule has 0 aromatic heterocycles. The summed E-state index contributed by atoms with van der Waals surface area (Å²) in [6.07, 6.45) is 10.0. The molecule has 0 rings (SSSR count). The fourth-order valence-corrected chi connectivity index (χ4v) is 2.30. The highest BCUT2D eigenvalue weighted by molar-refractivity contribution is 4.63. The quantitative estimate of drug-likeness (QED) is 0.432. The highest BCUT2D eigenvalue weighted by atomic mass is 14.2. The number of rotatable bonds is 9. The molecule has 0 aromatic rings. The van der Waals surface area contributed by atoms with Gasteiger partial charge in [-0.2, -0.15) is 0 Å². The third kappa shape index (κ3) is 10.3. The third-order valence-corrected chi connectivity index (χ3v) is 3.17. The lowest BCUT2D eigenvalue weighted by Crippen LogP contribution is -2.06. The third-order valence-electron chi connectivity index (χ3n) is 3.17. The van der Waals surface area contributed by atoms with E-state index >= 15 is 0 Å². The standard InChI is InChI=1S/C15H32/c1-6-7-8-9-15(12-14(4)5)11-10-13(2)3/h13-15H,6-12H2,1-5H3. The maximum Gasteiger partial charge on any atom is -0.0412 e. The summed E-state index contributed by atoms with van der Waals surface area (Å²) in [7, 11) is 0. The Balaban J connectivity index is 3.73. The van der Waals surface area contributed by atoms with Crippen molar-refractivity contribution in [2.24, 2.45) is 17.8 Å². The molecule has 0 heteroatoms. The molecule has 0 saturated heterocycles. The zero-order valence-corrected chi connectivity index (χ0v) is 11.7. The van der Waals surface area contributed by atoms with Crippen LogP contribution in [0, 0.1) is 17.8 Å². The molecule has 15 heavy (non-hydrogen) atoms. The molecule has 0 spiro atoms. The molecule has 0 heterocycles. The van der Waals surface area contributed by atoms with Crippen molar-refractivity contribution < 1.29 is 0 Å². The molecule has 0 aliphatic carbocycles. The lowest BCUT2D eigenvalue weighted by atomic mass is 9.86. The van der Waals surface area contributed by atoms with Crippen molar-refractivity contribution in [3.05, 3.63) is 0 Å². The van der Waals surface area contributed by atoms with Gasteiger partial charge in [-0.05, 0) is 24.2 Å². The Kier molecular flexibility index (Phi) is 9.24. The van der Waals surface area contributed by atoms with E-state index in [-0.39, 0.29) is 0 Å². The molecule has 0 aliphatic heterocycles. The number of hydrogen-bond acceptors (Lipinski definition) is 0. The summed E-state index contributed by atoms with van der Waals surface area (Å²) in [6.45, 7) is 11.7. The second-order valence-corrected chi connectivity index (χ2v) is 5.96. The Morgan fingerprint density at radius 3 is 1.87 bits per heavy atom. The van der Waals surface area contributed by atoms with Gasteiger partial charge in [0.05, 0.1) is 0 Å². The van der Waals surface area contributed by atoms with Crippen LogP contribution in [0.3, 0.4) is 0 Å². The van der Waals surface area contributed by atoms with Gasteiger partial charge in [-0.1, -0.05) is 73.1 Å². The van der Waals surface area contributed by atoms with Crippen LogP contribution in [-0.2, 0) is 0 Å². The Labute approximate surface area is 97.8 Å². The van der Waals surface area contributed by atoms with E-state index in [1.165, 1.54) is 44.9 Å². The van der Waals surface area contributed by atoms with Crippen LogP contribution in [0.2, 0.25) is 0 Å². The lowest BCUT2D eigenvalue weighted by Gasteiger charge is -2.19. The van der Waals surface area contributed by atoms with Gasteiger partial charge in [-0.3, -0.25) is 0 Å². The Hall–Kier alpha value is 0. The minimum atomic E-state index is 0.879. The van der Waals surface area contributed by atoms with Crippen LogP contribution in [0.4, 0.5) is 0 Å². The number of hydrogen-bond donors (Lipinski definition) is 0. The normalized spacial score (nSPS) is 13.8. The summed E-state index contributed by atoms with van der Waals surface area (Å²) in [4.78, 5) is 0. The molecule has 0 fully saturated rings. The SMILES string of the molecule is CCCCCC(CCC(C)C)CC(C)C. The van der Waals surface area contributed by atoms with E-state index in [1.54, 1.807) is 0 Å². The molecule has 1 atom stereocenters. The zero-order chi connectivity index (χ0) is 11.7. The maximum absolute atomic E-state index is 2.36. The Bertz CT molecular complexity index is 124. The predicted octanol–water partition coefficient (Wildman–Crippen LogP) is 5.67. The molecule has 0 bridgehead atoms. The van der Waals surface area contributed by atoms with Crippen molar-refractivity contribution >= 4 is 0 Å². The van der Waals surface area contributed by atoms with Crippen molar-refractivity contribution in [1.82, 2.24) is 0 Å². The fraction of sp³-hybridized carbons (Fsp3) is 1.00. The second-order valence-electron chi connectivity index (χ2n) is 5.96. The summed E-state index contributed by atoms with van der Waals surface area (Å²) in [5.41, 5.74) is 0. The molecule has 0 nitrogen and oxygen atoms in total. The predicted molar refractivity (Wildman–Crippen MR) is 71.2 cm³/mol. The van der Waals surface area contributed by atoms with Gasteiger partial charge >= 0.3 is 0 Å². The topological polar surface area (TPSA) is 0 Å². The minimum Gasteiger partial charge on any atom is -0.0654 e. The molecule has 1 unspecified atom stereocenters. The van der Waals surface area contributed by atoms with Gasteiger partial charge in [0.1, 0.15) is 0 Å². The fourth-order valence-electron chi connectivity index (χ4n) is 2.30. The van der Waals surface area contributed by atoms with Crippen LogP contribution < -0.4 is 0 Å². The van der Waals surface area contributed by atoms with Crippen molar-refractivity contribution in [2.75, 3.05) is 0 Å². The van der Waals surface area contributed by atoms with Gasteiger partial charge in [0.2, 0.25) is 0 Å². The van der Waals surface area contributed by atoms with E-state index in [0.29, 0.717) is 0 Å². The van der Waals surface area contributed by atoms with Crippen LogP contribution in [0.25, 0.3) is 0 Å². The van der Waals surface area contributed by atoms with Crippen molar-refractivity contribution in [1.29, 1.82) is 0 Å². The van der Waals surface area contributed by atoms with E-state index in [9.17, 15) is 0 Å². The first kappa shape index (κ1) is 15.0. The Morgan fingerprint density at radius 1 is 0.733 bits per heavy atom. The van der Waals surface area contributed by atoms with Crippen molar-refractivity contribution in [3.8, 4) is 0 Å². The van der Waals surface area contributed by atoms with E-state index in [1.807, 2.05) is 0 Å². The van der Waals surface area contributed by atoms with E-state index < -0.39 is 0 Å². The van der Waals surface area contributed by atoms with Gasteiger partial charge in [-0.25, -0.2) is 0 Å². The Morgan fingerprint density at radius 2 is 1.40 bits per heavy atom. The van der Waals surface area contributed by atoms with E-state index in [2.05, 4.69) is 34.6 Å². The van der Waals surface area contributed by atoms with E-state index in [0.717, 1.165) is 17.8 Å². The average molecular weight is 212 g/mol. The molecular weight excluding hydrogens is 180 g/mol. The van der Waals surface area contributed by atoms with Gasteiger partial charge in [0.15, 0.2) is 0 Å². The number of unbranched alkanes of at least 4 members (excludes halogenated alkanes) is 2. The van der Waals surface area contributed by atoms with Crippen LogP contribution in [0.15, 0.2) is 0 Å². The molecule has 0 radical (unpaired) electrons. The van der Waals surface area contributed by atoms with Crippen molar-refractivity contribution in [2.45, 2.75) is 79.6 Å². The summed E-state index contributed by atoms with van der Waals surface area (Å²) >= 11 is 0. The first-order valence-corrected chi connectivity index (χ1v) is 7.06. The molecule has 92 valence electrons. The van der Waals surface area contributed by atoms with Gasteiger partial charge in [0, 0.05) is 0 Å². The highest BCUT2D eigenvalue weighted by Gasteiger charge is 2.11. The molecule has 0 aliphatic rings. The largest absolute Gasteiger partial charge is 0.0654 e.